The number of hydrogen-bond donors (Lipinski definition) is 4. The van der Waals surface area contributed by atoms with Crippen molar-refractivity contribution in [1.82, 2.24) is 14.5 Å². The molecule has 12 nitrogen and oxygen atoms in total. The Hall–Kier alpha value is -3.73. The molecule has 1 aliphatic carbocycles. The van der Waals surface area contributed by atoms with Crippen LogP contribution in [-0.4, -0.2) is 60.4 Å². The van der Waals surface area contributed by atoms with Crippen LogP contribution in [-0.2, 0) is 20.7 Å². The maximum atomic E-state index is 13.6. The first kappa shape index (κ1) is 25.9. The number of nitrogens with one attached hydrogen (secondary N) is 1. The molecule has 3 amide bonds. The average Bonchev–Trinajstić information content (AvgIpc) is 3.55. The molecule has 1 aliphatic heterocycles. The third-order valence-corrected chi connectivity index (χ3v) is 7.57. The first-order valence-electron chi connectivity index (χ1n) is 12.2. The highest BCUT2D eigenvalue weighted by Gasteiger charge is 2.51. The summed E-state index contributed by atoms with van der Waals surface area (Å²) in [4.78, 5) is 63.2. The maximum Gasteiger partial charge on any atom is 0.362 e. The number of nitrogens with zero attached hydrogens (tertiary/aromatic N) is 3. The minimum absolute atomic E-state index is 0.0428. The van der Waals surface area contributed by atoms with Crippen LogP contribution in [0, 0.1) is 12.8 Å². The predicted molar refractivity (Wildman–Crippen MR) is 137 cm³/mol. The van der Waals surface area contributed by atoms with Crippen LogP contribution in [0.5, 0.6) is 5.75 Å². The number of benzene rings is 1. The minimum atomic E-state index is -4.40. The van der Waals surface area contributed by atoms with Gasteiger partial charge in [0.15, 0.2) is 6.35 Å². The number of pyridine rings is 1. The van der Waals surface area contributed by atoms with Crippen molar-refractivity contribution in [2.75, 3.05) is 11.7 Å². The Morgan fingerprint density at radius 2 is 2.00 bits per heavy atom. The molecule has 3 atom stereocenters. The topological polar surface area (TPSA) is 177 Å². The standard InChI is InChI=1S/C25H28N5O7P/c1-14-3-2-4-21(27-14)28-25(33)23-15-5-6-16(9-15)30(23)22(31)12-29-11-19(24(26)32)18-10-17(7-8-20(18)29)37-13-38(34,35)36/h2-4,7-8,10-11,15-16,23H,5-6,9,12-13H2,1H3,(H2,26,32)(H,27,28,33)(H2,34,35,36)/t15?,16?,23-/m0/s1. The summed E-state index contributed by atoms with van der Waals surface area (Å²) in [5, 5.41) is 3.24. The fourth-order valence-electron chi connectivity index (χ4n) is 5.58. The molecule has 0 spiro atoms. The molecule has 3 aromatic rings. The first-order chi connectivity index (χ1) is 18.0. The van der Waals surface area contributed by atoms with E-state index in [9.17, 15) is 18.9 Å². The van der Waals surface area contributed by atoms with E-state index in [4.69, 9.17) is 20.3 Å². The van der Waals surface area contributed by atoms with E-state index in [0.29, 0.717) is 16.7 Å². The van der Waals surface area contributed by atoms with E-state index in [-0.39, 0.29) is 41.6 Å². The van der Waals surface area contributed by atoms with Crippen LogP contribution in [0.3, 0.4) is 0 Å². The number of nitrogens with two attached hydrogens (primary N) is 1. The summed E-state index contributed by atoms with van der Waals surface area (Å²) in [6, 6.07) is 9.22. The van der Waals surface area contributed by atoms with E-state index in [0.717, 1.165) is 25.0 Å². The molecule has 13 heteroatoms. The van der Waals surface area contributed by atoms with Gasteiger partial charge in [0, 0.05) is 28.8 Å². The van der Waals surface area contributed by atoms with Crippen LogP contribution < -0.4 is 15.8 Å². The molecule has 200 valence electrons. The van der Waals surface area contributed by atoms with Gasteiger partial charge in [0.05, 0.1) is 5.56 Å². The van der Waals surface area contributed by atoms with Crippen LogP contribution in [0.2, 0.25) is 0 Å². The zero-order chi connectivity index (χ0) is 27.2. The summed E-state index contributed by atoms with van der Waals surface area (Å²) in [7, 11) is -4.40. The van der Waals surface area contributed by atoms with Crippen LogP contribution >= 0.6 is 7.60 Å². The summed E-state index contributed by atoms with van der Waals surface area (Å²) >= 11 is 0. The largest absolute Gasteiger partial charge is 0.481 e. The molecular formula is C25H28N5O7P. The summed E-state index contributed by atoms with van der Waals surface area (Å²) in [5.74, 6) is -0.619. The summed E-state index contributed by atoms with van der Waals surface area (Å²) < 4.78 is 17.9. The molecule has 3 heterocycles. The molecule has 1 saturated carbocycles. The van der Waals surface area contributed by atoms with E-state index in [1.807, 2.05) is 13.0 Å². The van der Waals surface area contributed by atoms with E-state index in [1.54, 1.807) is 27.7 Å². The number of rotatable bonds is 8. The number of aryl methyl sites for hydroxylation is 1. The van der Waals surface area contributed by atoms with Crippen molar-refractivity contribution in [2.45, 2.75) is 44.8 Å². The molecule has 38 heavy (non-hydrogen) atoms. The van der Waals surface area contributed by atoms with Crippen molar-refractivity contribution >= 4 is 42.0 Å². The summed E-state index contributed by atoms with van der Waals surface area (Å²) in [6.45, 7) is 1.71. The Kier molecular flexibility index (Phi) is 6.72. The lowest BCUT2D eigenvalue weighted by molar-refractivity contribution is -0.141. The van der Waals surface area contributed by atoms with Gasteiger partial charge in [-0.25, -0.2) is 4.98 Å². The SMILES string of the molecule is Cc1cccc(NC(=O)[C@@H]2C3CCC(C3)N2C(=O)Cn2cc(C(N)=O)c3cc(OCP(=O)(O)O)ccc32)n1. The van der Waals surface area contributed by atoms with Crippen LogP contribution in [0.25, 0.3) is 10.9 Å². The Bertz CT molecular complexity index is 1480. The van der Waals surface area contributed by atoms with Crippen LogP contribution in [0.15, 0.2) is 42.6 Å². The lowest BCUT2D eigenvalue weighted by atomic mass is 9.97. The number of hydrogen-bond acceptors (Lipinski definition) is 6. The van der Waals surface area contributed by atoms with Crippen molar-refractivity contribution in [3.8, 4) is 5.75 Å². The molecule has 2 bridgehead atoms. The highest BCUT2D eigenvalue weighted by molar-refractivity contribution is 7.51. The number of anilines is 1. The van der Waals surface area contributed by atoms with E-state index < -0.39 is 25.9 Å². The van der Waals surface area contributed by atoms with Gasteiger partial charge in [0.1, 0.15) is 24.2 Å². The molecule has 2 fully saturated rings. The number of likely N-dealkylation sites (tertiary alicyclic amines) is 1. The Balaban J connectivity index is 1.39. The van der Waals surface area contributed by atoms with Gasteiger partial charge in [-0.1, -0.05) is 6.07 Å². The van der Waals surface area contributed by atoms with Gasteiger partial charge in [-0.3, -0.25) is 18.9 Å². The molecule has 5 rings (SSSR count). The Morgan fingerprint density at radius 3 is 2.71 bits per heavy atom. The number of carbonyl (C=O) groups is 3. The number of piperidine rings is 1. The van der Waals surface area contributed by atoms with Crippen molar-refractivity contribution in [1.29, 1.82) is 0 Å². The molecule has 1 aromatic carbocycles. The zero-order valence-corrected chi connectivity index (χ0v) is 21.5. The van der Waals surface area contributed by atoms with Gasteiger partial charge in [0.25, 0.3) is 5.91 Å². The van der Waals surface area contributed by atoms with E-state index in [1.165, 1.54) is 18.3 Å². The highest BCUT2D eigenvalue weighted by Crippen LogP contribution is 2.43. The lowest BCUT2D eigenvalue weighted by Gasteiger charge is -2.34. The van der Waals surface area contributed by atoms with Crippen molar-refractivity contribution < 1.29 is 33.5 Å². The molecule has 2 aromatic heterocycles. The van der Waals surface area contributed by atoms with Crippen LogP contribution in [0.1, 0.15) is 35.3 Å². The number of fused-ring (bicyclic) bond motifs is 3. The molecule has 5 N–H and O–H groups in total. The molecule has 1 saturated heterocycles. The lowest BCUT2D eigenvalue weighted by Crippen LogP contribution is -2.51. The third-order valence-electron chi connectivity index (χ3n) is 7.10. The Morgan fingerprint density at radius 1 is 1.21 bits per heavy atom. The number of amides is 3. The molecule has 2 aliphatic rings. The van der Waals surface area contributed by atoms with Crippen molar-refractivity contribution in [2.24, 2.45) is 11.7 Å². The van der Waals surface area contributed by atoms with Gasteiger partial charge in [-0.05, 0) is 62.4 Å². The van der Waals surface area contributed by atoms with Crippen LogP contribution in [0.4, 0.5) is 5.82 Å². The smallest absolute Gasteiger partial charge is 0.362 e. The number of primary amides is 1. The van der Waals surface area contributed by atoms with Gasteiger partial charge in [-0.15, -0.1) is 0 Å². The number of ether oxygens (including phenoxy) is 1. The maximum absolute atomic E-state index is 13.6. The second-order valence-electron chi connectivity index (χ2n) is 9.78. The second kappa shape index (κ2) is 9.86. The fraction of sp³-hybridized carbons (Fsp3) is 0.360. The monoisotopic (exact) mass is 541 g/mol. The summed E-state index contributed by atoms with van der Waals surface area (Å²) in [5.41, 5.74) is 6.98. The average molecular weight is 542 g/mol. The Labute approximate surface area is 217 Å². The van der Waals surface area contributed by atoms with E-state index >= 15 is 0 Å². The van der Waals surface area contributed by atoms with Gasteiger partial charge in [0.2, 0.25) is 11.8 Å². The second-order valence-corrected chi connectivity index (χ2v) is 11.4. The van der Waals surface area contributed by atoms with Gasteiger partial charge in [-0.2, -0.15) is 0 Å². The predicted octanol–water partition coefficient (Wildman–Crippen LogP) is 1.98. The van der Waals surface area contributed by atoms with E-state index in [2.05, 4.69) is 10.3 Å². The third kappa shape index (κ3) is 5.15. The molecular weight excluding hydrogens is 513 g/mol. The molecule has 0 radical (unpaired) electrons. The van der Waals surface area contributed by atoms with Gasteiger partial charge < -0.3 is 35.0 Å². The highest BCUT2D eigenvalue weighted by atomic mass is 31.2. The molecule has 2 unspecified atom stereocenters. The fourth-order valence-corrected chi connectivity index (χ4v) is 5.89. The minimum Gasteiger partial charge on any atom is -0.481 e. The van der Waals surface area contributed by atoms with Crippen molar-refractivity contribution in [3.63, 3.8) is 0 Å². The first-order valence-corrected chi connectivity index (χ1v) is 14.0. The zero-order valence-electron chi connectivity index (χ0n) is 20.6. The van der Waals surface area contributed by atoms with Crippen molar-refractivity contribution in [3.05, 3.63) is 53.9 Å². The number of carbonyl (C=O) groups excluding carboxylic acids is 3. The quantitative estimate of drug-likeness (QED) is 0.313. The number of aromatic nitrogens is 2. The van der Waals surface area contributed by atoms with Gasteiger partial charge >= 0.3 is 7.60 Å². The summed E-state index contributed by atoms with van der Waals surface area (Å²) in [6.07, 6.45) is 3.09. The normalized spacial score (nSPS) is 20.6.